The van der Waals surface area contributed by atoms with E-state index < -0.39 is 0 Å². The molecule has 0 amide bonds. The van der Waals surface area contributed by atoms with Crippen LogP contribution in [0.1, 0.15) is 42.5 Å². The van der Waals surface area contributed by atoms with Crippen molar-refractivity contribution in [1.29, 1.82) is 0 Å². The van der Waals surface area contributed by atoms with E-state index in [0.29, 0.717) is 11.8 Å². The van der Waals surface area contributed by atoms with Crippen molar-refractivity contribution in [3.63, 3.8) is 0 Å². The fourth-order valence-corrected chi connectivity index (χ4v) is 2.73. The topological polar surface area (TPSA) is 38.9 Å². The van der Waals surface area contributed by atoms with Gasteiger partial charge in [-0.15, -0.1) is 0 Å². The van der Waals surface area contributed by atoms with Crippen LogP contribution in [0, 0.1) is 0 Å². The standard InChI is InChI=1S/C13H13BrN2O/c1-2-12-15-13(17-16-12)10-7-9(10)8-5-3-4-6-11(8)14/h3-6,9-10H,2,7H2,1H3/t9-,10+/m0/s1. The lowest BCUT2D eigenvalue weighted by Gasteiger charge is -2.01. The fraction of sp³-hybridized carbons (Fsp3) is 0.385. The van der Waals surface area contributed by atoms with Crippen molar-refractivity contribution >= 4 is 15.9 Å². The summed E-state index contributed by atoms with van der Waals surface area (Å²) in [4.78, 5) is 4.40. The molecule has 2 atom stereocenters. The molecule has 17 heavy (non-hydrogen) atoms. The number of halogens is 1. The van der Waals surface area contributed by atoms with E-state index in [4.69, 9.17) is 4.52 Å². The molecule has 0 spiro atoms. The highest BCUT2D eigenvalue weighted by Crippen LogP contribution is 2.55. The molecule has 2 aromatic rings. The summed E-state index contributed by atoms with van der Waals surface area (Å²) in [5, 5.41) is 3.95. The molecule has 1 heterocycles. The van der Waals surface area contributed by atoms with E-state index in [2.05, 4.69) is 44.3 Å². The Labute approximate surface area is 108 Å². The number of hydrogen-bond acceptors (Lipinski definition) is 3. The maximum Gasteiger partial charge on any atom is 0.230 e. The van der Waals surface area contributed by atoms with Crippen LogP contribution in [0.15, 0.2) is 33.3 Å². The maximum atomic E-state index is 5.29. The van der Waals surface area contributed by atoms with Crippen LogP contribution in [0.3, 0.4) is 0 Å². The van der Waals surface area contributed by atoms with Gasteiger partial charge in [0.1, 0.15) is 0 Å². The van der Waals surface area contributed by atoms with E-state index in [-0.39, 0.29) is 0 Å². The Morgan fingerprint density at radius 3 is 2.88 bits per heavy atom. The Morgan fingerprint density at radius 2 is 2.18 bits per heavy atom. The average Bonchev–Trinajstić information content (AvgIpc) is 2.99. The SMILES string of the molecule is CCc1noc([C@@H]2C[C@H]2c2ccccc2Br)n1. The van der Waals surface area contributed by atoms with Crippen molar-refractivity contribution in [3.05, 3.63) is 46.0 Å². The van der Waals surface area contributed by atoms with Gasteiger partial charge in [-0.1, -0.05) is 46.2 Å². The van der Waals surface area contributed by atoms with Gasteiger partial charge in [-0.3, -0.25) is 0 Å². The number of aromatic nitrogens is 2. The van der Waals surface area contributed by atoms with Gasteiger partial charge in [0.2, 0.25) is 5.89 Å². The lowest BCUT2D eigenvalue weighted by molar-refractivity contribution is 0.373. The van der Waals surface area contributed by atoms with E-state index in [1.54, 1.807) is 0 Å². The summed E-state index contributed by atoms with van der Waals surface area (Å²) in [6.45, 7) is 2.03. The Bertz CT molecular complexity index is 538. The van der Waals surface area contributed by atoms with Crippen LogP contribution >= 0.6 is 15.9 Å². The van der Waals surface area contributed by atoms with Crippen LogP contribution in [-0.2, 0) is 6.42 Å². The lowest BCUT2D eigenvalue weighted by atomic mass is 10.1. The van der Waals surface area contributed by atoms with Crippen LogP contribution in [0.4, 0.5) is 0 Å². The van der Waals surface area contributed by atoms with Gasteiger partial charge in [-0.05, 0) is 24.0 Å². The summed E-state index contributed by atoms with van der Waals surface area (Å²) >= 11 is 3.59. The second kappa shape index (κ2) is 4.26. The van der Waals surface area contributed by atoms with Crippen molar-refractivity contribution in [2.75, 3.05) is 0 Å². The molecule has 0 bridgehead atoms. The first-order valence-corrected chi connectivity index (χ1v) is 6.65. The predicted molar refractivity (Wildman–Crippen MR) is 67.9 cm³/mol. The lowest BCUT2D eigenvalue weighted by Crippen LogP contribution is -1.87. The van der Waals surface area contributed by atoms with Crippen molar-refractivity contribution in [2.24, 2.45) is 0 Å². The zero-order chi connectivity index (χ0) is 11.8. The normalized spacial score (nSPS) is 22.7. The molecule has 3 rings (SSSR count). The van der Waals surface area contributed by atoms with Crippen molar-refractivity contribution in [3.8, 4) is 0 Å². The van der Waals surface area contributed by atoms with E-state index in [9.17, 15) is 0 Å². The molecule has 4 heteroatoms. The highest BCUT2D eigenvalue weighted by molar-refractivity contribution is 9.10. The number of nitrogens with zero attached hydrogens (tertiary/aromatic N) is 2. The highest BCUT2D eigenvalue weighted by Gasteiger charge is 2.44. The minimum atomic E-state index is 0.404. The minimum absolute atomic E-state index is 0.404. The second-order valence-corrected chi connectivity index (χ2v) is 5.23. The van der Waals surface area contributed by atoms with Gasteiger partial charge in [0.05, 0.1) is 0 Å². The molecule has 0 unspecified atom stereocenters. The van der Waals surface area contributed by atoms with Crippen LogP contribution in [0.5, 0.6) is 0 Å². The largest absolute Gasteiger partial charge is 0.339 e. The molecule has 1 saturated carbocycles. The third-order valence-corrected chi connectivity index (χ3v) is 3.93. The zero-order valence-electron chi connectivity index (χ0n) is 9.56. The Kier molecular flexibility index (Phi) is 2.74. The van der Waals surface area contributed by atoms with E-state index in [0.717, 1.165) is 24.6 Å². The van der Waals surface area contributed by atoms with E-state index in [1.807, 2.05) is 13.0 Å². The highest BCUT2D eigenvalue weighted by atomic mass is 79.9. The number of benzene rings is 1. The summed E-state index contributed by atoms with van der Waals surface area (Å²) in [6, 6.07) is 8.34. The van der Waals surface area contributed by atoms with Gasteiger partial charge in [0.15, 0.2) is 5.82 Å². The van der Waals surface area contributed by atoms with Gasteiger partial charge in [0.25, 0.3) is 0 Å². The molecule has 0 saturated heterocycles. The number of hydrogen-bond donors (Lipinski definition) is 0. The molecule has 88 valence electrons. The van der Waals surface area contributed by atoms with Gasteiger partial charge < -0.3 is 4.52 Å². The molecule has 0 aliphatic heterocycles. The third-order valence-electron chi connectivity index (χ3n) is 3.21. The molecule has 0 radical (unpaired) electrons. The summed E-state index contributed by atoms with van der Waals surface area (Å²) in [7, 11) is 0. The molecule has 1 aliphatic carbocycles. The average molecular weight is 293 g/mol. The maximum absolute atomic E-state index is 5.29. The molecule has 3 nitrogen and oxygen atoms in total. The molecular formula is C13H13BrN2O. The monoisotopic (exact) mass is 292 g/mol. The Morgan fingerprint density at radius 1 is 1.35 bits per heavy atom. The summed E-state index contributed by atoms with van der Waals surface area (Å²) in [5.41, 5.74) is 1.34. The summed E-state index contributed by atoms with van der Waals surface area (Å²) in [6.07, 6.45) is 1.93. The molecule has 0 N–H and O–H groups in total. The first kappa shape index (κ1) is 11.0. The van der Waals surface area contributed by atoms with Gasteiger partial charge >= 0.3 is 0 Å². The smallest absolute Gasteiger partial charge is 0.230 e. The van der Waals surface area contributed by atoms with Crippen molar-refractivity contribution < 1.29 is 4.52 Å². The van der Waals surface area contributed by atoms with Crippen molar-refractivity contribution in [2.45, 2.75) is 31.6 Å². The summed E-state index contributed by atoms with van der Waals surface area (Å²) < 4.78 is 6.46. The molecular weight excluding hydrogens is 280 g/mol. The van der Waals surface area contributed by atoms with Gasteiger partial charge in [-0.2, -0.15) is 4.98 Å². The predicted octanol–water partition coefficient (Wildman–Crippen LogP) is 3.67. The van der Waals surface area contributed by atoms with Crippen LogP contribution in [0.25, 0.3) is 0 Å². The Balaban J connectivity index is 1.80. The molecule has 1 aromatic carbocycles. The zero-order valence-corrected chi connectivity index (χ0v) is 11.1. The first-order valence-electron chi connectivity index (χ1n) is 5.86. The van der Waals surface area contributed by atoms with Gasteiger partial charge in [0, 0.05) is 16.8 Å². The molecule has 1 aliphatic rings. The second-order valence-electron chi connectivity index (χ2n) is 4.37. The molecule has 1 fully saturated rings. The number of rotatable bonds is 3. The summed E-state index contributed by atoms with van der Waals surface area (Å²) in [5.74, 6) is 2.53. The quantitative estimate of drug-likeness (QED) is 0.866. The third kappa shape index (κ3) is 2.02. The van der Waals surface area contributed by atoms with E-state index >= 15 is 0 Å². The molecule has 1 aromatic heterocycles. The van der Waals surface area contributed by atoms with E-state index in [1.165, 1.54) is 10.0 Å². The Hall–Kier alpha value is -1.16. The fourth-order valence-electron chi connectivity index (χ4n) is 2.15. The number of aryl methyl sites for hydroxylation is 1. The first-order chi connectivity index (χ1) is 8.29. The van der Waals surface area contributed by atoms with Crippen LogP contribution in [-0.4, -0.2) is 10.1 Å². The van der Waals surface area contributed by atoms with Gasteiger partial charge in [-0.25, -0.2) is 0 Å². The van der Waals surface area contributed by atoms with Crippen LogP contribution < -0.4 is 0 Å². The van der Waals surface area contributed by atoms with Crippen molar-refractivity contribution in [1.82, 2.24) is 10.1 Å². The van der Waals surface area contributed by atoms with Crippen LogP contribution in [0.2, 0.25) is 0 Å². The minimum Gasteiger partial charge on any atom is -0.339 e.